The van der Waals surface area contributed by atoms with Crippen molar-refractivity contribution in [3.05, 3.63) is 70.0 Å². The zero-order chi connectivity index (χ0) is 16.1. The van der Waals surface area contributed by atoms with Gasteiger partial charge in [-0.2, -0.15) is 5.10 Å². The summed E-state index contributed by atoms with van der Waals surface area (Å²) >= 11 is 3.50. The highest BCUT2D eigenvalue weighted by Crippen LogP contribution is 2.25. The summed E-state index contributed by atoms with van der Waals surface area (Å²) in [4.78, 5) is 4.06. The highest BCUT2D eigenvalue weighted by Gasteiger charge is 2.07. The molecular formula is C17H17BrN4O. The van der Waals surface area contributed by atoms with E-state index in [2.05, 4.69) is 55.5 Å². The number of aromatic nitrogens is 3. The Kier molecular flexibility index (Phi) is 4.92. The molecule has 118 valence electrons. The van der Waals surface area contributed by atoms with Crippen molar-refractivity contribution in [2.45, 2.75) is 20.1 Å². The van der Waals surface area contributed by atoms with Crippen LogP contribution in [-0.2, 0) is 13.2 Å². The van der Waals surface area contributed by atoms with Gasteiger partial charge in [0.05, 0.1) is 0 Å². The van der Waals surface area contributed by atoms with Crippen LogP contribution in [0.1, 0.15) is 16.7 Å². The van der Waals surface area contributed by atoms with Gasteiger partial charge in [0.2, 0.25) is 5.95 Å². The van der Waals surface area contributed by atoms with E-state index < -0.39 is 0 Å². The average molecular weight is 373 g/mol. The van der Waals surface area contributed by atoms with Gasteiger partial charge in [-0.15, -0.1) is 0 Å². The first-order valence-corrected chi connectivity index (χ1v) is 8.06. The monoisotopic (exact) mass is 372 g/mol. The number of halogens is 1. The van der Waals surface area contributed by atoms with Crippen LogP contribution < -0.4 is 10.1 Å². The second-order valence-corrected chi connectivity index (χ2v) is 6.07. The Morgan fingerprint density at radius 1 is 1.17 bits per heavy atom. The molecule has 0 fully saturated rings. The van der Waals surface area contributed by atoms with Crippen molar-refractivity contribution < 1.29 is 4.74 Å². The number of ether oxygens (including phenoxy) is 1. The minimum atomic E-state index is 0.545. The van der Waals surface area contributed by atoms with E-state index in [9.17, 15) is 0 Å². The van der Waals surface area contributed by atoms with Gasteiger partial charge in [0, 0.05) is 16.6 Å². The molecule has 0 spiro atoms. The number of H-pyrrole nitrogens is 1. The number of aryl methyl sites for hydroxylation is 1. The maximum Gasteiger partial charge on any atom is 0.218 e. The molecule has 1 aromatic heterocycles. The zero-order valence-electron chi connectivity index (χ0n) is 12.7. The molecule has 0 saturated carbocycles. The van der Waals surface area contributed by atoms with E-state index in [0.717, 1.165) is 15.8 Å². The first kappa shape index (κ1) is 15.6. The Labute approximate surface area is 143 Å². The summed E-state index contributed by atoms with van der Waals surface area (Å²) in [5, 5.41) is 9.79. The molecule has 5 nitrogen and oxygen atoms in total. The molecule has 0 radical (unpaired) electrons. The normalized spacial score (nSPS) is 10.5. The van der Waals surface area contributed by atoms with E-state index in [0.29, 0.717) is 19.1 Å². The molecule has 1 heterocycles. The molecule has 3 aromatic rings. The SMILES string of the molecule is Cc1ccccc1COc1ccc(Br)cc1CNc1ncn[nH]1. The number of hydrogen-bond acceptors (Lipinski definition) is 4. The van der Waals surface area contributed by atoms with Crippen molar-refractivity contribution in [2.24, 2.45) is 0 Å². The fourth-order valence-electron chi connectivity index (χ4n) is 2.22. The molecule has 0 aliphatic carbocycles. The van der Waals surface area contributed by atoms with Gasteiger partial charge in [-0.25, -0.2) is 10.1 Å². The average Bonchev–Trinajstić information content (AvgIpc) is 3.07. The molecule has 0 unspecified atom stereocenters. The lowest BCUT2D eigenvalue weighted by Gasteiger charge is -2.13. The summed E-state index contributed by atoms with van der Waals surface area (Å²) in [7, 11) is 0. The minimum absolute atomic E-state index is 0.545. The minimum Gasteiger partial charge on any atom is -0.489 e. The highest BCUT2D eigenvalue weighted by molar-refractivity contribution is 9.10. The fraction of sp³-hybridized carbons (Fsp3) is 0.176. The van der Waals surface area contributed by atoms with Crippen LogP contribution in [0, 0.1) is 6.92 Å². The lowest BCUT2D eigenvalue weighted by Crippen LogP contribution is -2.05. The quantitative estimate of drug-likeness (QED) is 0.684. The predicted molar refractivity (Wildman–Crippen MR) is 93.4 cm³/mol. The Morgan fingerprint density at radius 3 is 2.83 bits per heavy atom. The van der Waals surface area contributed by atoms with Crippen molar-refractivity contribution in [3.8, 4) is 5.75 Å². The molecule has 2 N–H and O–H groups in total. The Bertz CT molecular complexity index is 774. The number of anilines is 1. The molecule has 6 heteroatoms. The second-order valence-electron chi connectivity index (χ2n) is 5.15. The van der Waals surface area contributed by atoms with Gasteiger partial charge in [0.25, 0.3) is 0 Å². The van der Waals surface area contributed by atoms with Crippen LogP contribution in [0.4, 0.5) is 5.95 Å². The molecule has 0 atom stereocenters. The van der Waals surface area contributed by atoms with E-state index >= 15 is 0 Å². The molecule has 0 bridgehead atoms. The number of nitrogens with one attached hydrogen (secondary N) is 2. The summed E-state index contributed by atoms with van der Waals surface area (Å²) in [6.07, 6.45) is 1.47. The topological polar surface area (TPSA) is 62.8 Å². The van der Waals surface area contributed by atoms with E-state index in [4.69, 9.17) is 4.74 Å². The molecule has 23 heavy (non-hydrogen) atoms. The van der Waals surface area contributed by atoms with Gasteiger partial charge in [-0.05, 0) is 36.2 Å². The summed E-state index contributed by atoms with van der Waals surface area (Å²) in [5.74, 6) is 1.48. The van der Waals surface area contributed by atoms with Crippen molar-refractivity contribution in [1.82, 2.24) is 15.2 Å². The van der Waals surface area contributed by atoms with Crippen LogP contribution >= 0.6 is 15.9 Å². The van der Waals surface area contributed by atoms with Crippen LogP contribution in [-0.4, -0.2) is 15.2 Å². The van der Waals surface area contributed by atoms with E-state index in [1.165, 1.54) is 17.5 Å². The van der Waals surface area contributed by atoms with Crippen LogP contribution in [0.5, 0.6) is 5.75 Å². The van der Waals surface area contributed by atoms with E-state index in [1.807, 2.05) is 30.3 Å². The third-order valence-electron chi connectivity index (χ3n) is 3.53. The largest absolute Gasteiger partial charge is 0.489 e. The zero-order valence-corrected chi connectivity index (χ0v) is 14.3. The molecule has 0 saturated heterocycles. The van der Waals surface area contributed by atoms with Crippen LogP contribution in [0.2, 0.25) is 0 Å². The van der Waals surface area contributed by atoms with Crippen molar-refractivity contribution in [3.63, 3.8) is 0 Å². The van der Waals surface area contributed by atoms with E-state index in [-0.39, 0.29) is 0 Å². The number of nitrogens with zero attached hydrogens (tertiary/aromatic N) is 2. The van der Waals surface area contributed by atoms with Crippen molar-refractivity contribution in [1.29, 1.82) is 0 Å². The summed E-state index contributed by atoms with van der Waals surface area (Å²) in [6, 6.07) is 14.2. The van der Waals surface area contributed by atoms with Gasteiger partial charge in [-0.1, -0.05) is 40.2 Å². The number of rotatable bonds is 6. The first-order valence-electron chi connectivity index (χ1n) is 7.27. The molecule has 0 aliphatic heterocycles. The molecule has 0 amide bonds. The Hall–Kier alpha value is -2.34. The van der Waals surface area contributed by atoms with Gasteiger partial charge < -0.3 is 10.1 Å². The number of hydrogen-bond donors (Lipinski definition) is 2. The first-order chi connectivity index (χ1) is 11.2. The standard InChI is InChI=1S/C17H17BrN4O/c1-12-4-2-3-5-13(12)10-23-16-7-6-15(18)8-14(16)9-19-17-20-11-21-22-17/h2-8,11H,9-10H2,1H3,(H2,19,20,21,22). The lowest BCUT2D eigenvalue weighted by molar-refractivity contribution is 0.302. The molecular weight excluding hydrogens is 356 g/mol. The summed E-state index contributed by atoms with van der Waals surface area (Å²) in [5.41, 5.74) is 3.46. The maximum absolute atomic E-state index is 6.02. The van der Waals surface area contributed by atoms with Gasteiger partial charge in [-0.3, -0.25) is 0 Å². The highest BCUT2D eigenvalue weighted by atomic mass is 79.9. The molecule has 0 aliphatic rings. The predicted octanol–water partition coefficient (Wildman–Crippen LogP) is 4.07. The van der Waals surface area contributed by atoms with Crippen LogP contribution in [0.3, 0.4) is 0 Å². The van der Waals surface area contributed by atoms with Gasteiger partial charge >= 0.3 is 0 Å². The van der Waals surface area contributed by atoms with Crippen LogP contribution in [0.25, 0.3) is 0 Å². The molecule has 2 aromatic carbocycles. The third-order valence-corrected chi connectivity index (χ3v) is 4.02. The summed E-state index contributed by atoms with van der Waals surface area (Å²) < 4.78 is 7.03. The van der Waals surface area contributed by atoms with Gasteiger partial charge in [0.1, 0.15) is 18.7 Å². The van der Waals surface area contributed by atoms with Gasteiger partial charge in [0.15, 0.2) is 0 Å². The Morgan fingerprint density at radius 2 is 2.04 bits per heavy atom. The van der Waals surface area contributed by atoms with Crippen molar-refractivity contribution in [2.75, 3.05) is 5.32 Å². The number of benzene rings is 2. The smallest absolute Gasteiger partial charge is 0.218 e. The summed E-state index contributed by atoms with van der Waals surface area (Å²) in [6.45, 7) is 3.23. The maximum atomic E-state index is 6.02. The number of aromatic amines is 1. The fourth-order valence-corrected chi connectivity index (χ4v) is 2.63. The second kappa shape index (κ2) is 7.28. The van der Waals surface area contributed by atoms with Crippen LogP contribution in [0.15, 0.2) is 53.3 Å². The Balaban J connectivity index is 1.72. The molecule has 3 rings (SSSR count). The van der Waals surface area contributed by atoms with Crippen molar-refractivity contribution >= 4 is 21.9 Å². The third kappa shape index (κ3) is 4.10. The lowest BCUT2D eigenvalue weighted by atomic mass is 10.1. The van der Waals surface area contributed by atoms with E-state index in [1.54, 1.807) is 0 Å².